The van der Waals surface area contributed by atoms with E-state index < -0.39 is 0 Å². The van der Waals surface area contributed by atoms with Crippen LogP contribution in [0, 0.1) is 0 Å². The maximum Gasteiger partial charge on any atom is 0.259 e. The van der Waals surface area contributed by atoms with Crippen molar-refractivity contribution in [2.75, 3.05) is 17.7 Å². The Balaban J connectivity index is 2.35. The van der Waals surface area contributed by atoms with Crippen molar-refractivity contribution in [1.82, 2.24) is 4.98 Å². The van der Waals surface area contributed by atoms with Crippen LogP contribution < -0.4 is 10.6 Å². The molecule has 0 saturated heterocycles. The highest BCUT2D eigenvalue weighted by Crippen LogP contribution is 2.31. The molecule has 0 aliphatic carbocycles. The summed E-state index contributed by atoms with van der Waals surface area (Å²) in [5.41, 5.74) is 1.14. The molecular weight excluding hydrogens is 454 g/mol. The molecule has 1 aromatic heterocycles. The Morgan fingerprint density at radius 1 is 1.20 bits per heavy atom. The van der Waals surface area contributed by atoms with E-state index in [-0.39, 0.29) is 5.91 Å². The second kappa shape index (κ2) is 6.69. The highest BCUT2D eigenvalue weighted by Gasteiger charge is 2.15. The number of halogens is 3. The van der Waals surface area contributed by atoms with E-state index in [0.29, 0.717) is 17.1 Å². The number of pyridine rings is 1. The van der Waals surface area contributed by atoms with Crippen LogP contribution in [0.5, 0.6) is 0 Å². The lowest BCUT2D eigenvalue weighted by Gasteiger charge is -2.12. The fourth-order valence-corrected chi connectivity index (χ4v) is 3.14. The van der Waals surface area contributed by atoms with Gasteiger partial charge in [0.05, 0.1) is 11.3 Å². The molecular formula is C13H10Br3N3O. The number of nitrogens with one attached hydrogen (secondary N) is 2. The van der Waals surface area contributed by atoms with Crippen molar-refractivity contribution in [3.63, 3.8) is 0 Å². The molecule has 0 fully saturated rings. The smallest absolute Gasteiger partial charge is 0.259 e. The van der Waals surface area contributed by atoms with E-state index in [1.165, 1.54) is 0 Å². The molecule has 2 N–H and O–H groups in total. The van der Waals surface area contributed by atoms with Crippen LogP contribution in [-0.2, 0) is 0 Å². The quantitative estimate of drug-likeness (QED) is 0.696. The number of carbonyl (C=O) groups is 1. The maximum atomic E-state index is 12.4. The summed E-state index contributed by atoms with van der Waals surface area (Å²) < 4.78 is 2.34. The lowest BCUT2D eigenvalue weighted by molar-refractivity contribution is 0.102. The summed E-state index contributed by atoms with van der Waals surface area (Å²) in [6.07, 6.45) is 1.64. The number of nitrogens with zero attached hydrogens (tertiary/aromatic N) is 1. The summed E-state index contributed by atoms with van der Waals surface area (Å²) in [4.78, 5) is 16.6. The Kier molecular flexibility index (Phi) is 5.17. The molecule has 7 heteroatoms. The molecule has 2 aromatic rings. The fourth-order valence-electron chi connectivity index (χ4n) is 1.61. The predicted octanol–water partition coefficient (Wildman–Crippen LogP) is 4.66. The van der Waals surface area contributed by atoms with E-state index in [4.69, 9.17) is 0 Å². The van der Waals surface area contributed by atoms with Gasteiger partial charge in [0.25, 0.3) is 5.91 Å². The number of amides is 1. The van der Waals surface area contributed by atoms with Gasteiger partial charge in [-0.3, -0.25) is 4.79 Å². The van der Waals surface area contributed by atoms with Gasteiger partial charge >= 0.3 is 0 Å². The zero-order valence-electron chi connectivity index (χ0n) is 10.4. The van der Waals surface area contributed by atoms with Crippen LogP contribution in [0.2, 0.25) is 0 Å². The van der Waals surface area contributed by atoms with Crippen LogP contribution in [0.25, 0.3) is 0 Å². The van der Waals surface area contributed by atoms with Gasteiger partial charge in [-0.1, -0.05) is 6.07 Å². The van der Waals surface area contributed by atoms with Gasteiger partial charge in [0.15, 0.2) is 0 Å². The molecule has 0 atom stereocenters. The minimum Gasteiger partial charge on any atom is -0.372 e. The third-order valence-electron chi connectivity index (χ3n) is 2.54. The number of hydrogen-bond acceptors (Lipinski definition) is 3. The molecule has 0 bridgehead atoms. The van der Waals surface area contributed by atoms with Crippen molar-refractivity contribution < 1.29 is 4.79 Å². The molecule has 4 nitrogen and oxygen atoms in total. The van der Waals surface area contributed by atoms with Crippen LogP contribution in [0.15, 0.2) is 43.9 Å². The highest BCUT2D eigenvalue weighted by molar-refractivity contribution is 9.11. The second-order valence-electron chi connectivity index (χ2n) is 3.85. The Labute approximate surface area is 141 Å². The van der Waals surface area contributed by atoms with Crippen LogP contribution in [0.1, 0.15) is 10.4 Å². The Hall–Kier alpha value is -0.920. The Bertz CT molecular complexity index is 641. The van der Waals surface area contributed by atoms with E-state index in [2.05, 4.69) is 63.4 Å². The molecule has 0 unspecified atom stereocenters. The van der Waals surface area contributed by atoms with Crippen molar-refractivity contribution in [3.05, 3.63) is 49.4 Å². The second-order valence-corrected chi connectivity index (χ2v) is 6.47. The molecule has 2 rings (SSSR count). The average Bonchev–Trinajstić information content (AvgIpc) is 2.43. The van der Waals surface area contributed by atoms with Crippen LogP contribution in [0.4, 0.5) is 11.5 Å². The Morgan fingerprint density at radius 3 is 2.45 bits per heavy atom. The predicted molar refractivity (Wildman–Crippen MR) is 91.3 cm³/mol. The first kappa shape index (κ1) is 15.5. The van der Waals surface area contributed by atoms with E-state index >= 15 is 0 Å². The molecule has 0 spiro atoms. The summed E-state index contributed by atoms with van der Waals surface area (Å²) >= 11 is 10.1. The number of rotatable bonds is 3. The summed E-state index contributed by atoms with van der Waals surface area (Å²) in [5.74, 6) is 0.282. The molecule has 0 aliphatic heterocycles. The zero-order chi connectivity index (χ0) is 14.7. The van der Waals surface area contributed by atoms with Crippen molar-refractivity contribution >= 4 is 65.2 Å². The lowest BCUT2D eigenvalue weighted by Crippen LogP contribution is -2.15. The van der Waals surface area contributed by atoms with Gasteiger partial charge in [-0.2, -0.15) is 0 Å². The molecule has 0 aliphatic rings. The fraction of sp³-hybridized carbons (Fsp3) is 0.0769. The van der Waals surface area contributed by atoms with Crippen LogP contribution in [-0.4, -0.2) is 17.9 Å². The first-order chi connectivity index (χ1) is 9.52. The summed E-state index contributed by atoms with van der Waals surface area (Å²) in [7, 11) is 1.72. The van der Waals surface area contributed by atoms with Crippen LogP contribution in [0.3, 0.4) is 0 Å². The third-order valence-corrected chi connectivity index (χ3v) is 4.29. The molecule has 20 heavy (non-hydrogen) atoms. The largest absolute Gasteiger partial charge is 0.372 e. The van der Waals surface area contributed by atoms with Crippen molar-refractivity contribution in [2.24, 2.45) is 0 Å². The average molecular weight is 464 g/mol. The SMILES string of the molecule is CNc1ncc(Br)cc1C(=O)Nc1c(Br)cccc1Br. The summed E-state index contributed by atoms with van der Waals surface area (Å²) in [5, 5.41) is 5.77. The molecule has 1 aromatic carbocycles. The van der Waals surface area contributed by atoms with Crippen molar-refractivity contribution in [1.29, 1.82) is 0 Å². The number of para-hydroxylation sites is 1. The van der Waals surface area contributed by atoms with E-state index in [1.807, 2.05) is 18.2 Å². The van der Waals surface area contributed by atoms with Crippen molar-refractivity contribution in [3.8, 4) is 0 Å². The first-order valence-corrected chi connectivity index (χ1v) is 7.99. The van der Waals surface area contributed by atoms with Gasteiger partial charge in [-0.05, 0) is 66.0 Å². The molecule has 1 heterocycles. The number of benzene rings is 1. The van der Waals surface area contributed by atoms with Crippen LogP contribution >= 0.6 is 47.8 Å². The lowest BCUT2D eigenvalue weighted by atomic mass is 10.2. The zero-order valence-corrected chi connectivity index (χ0v) is 15.1. The number of anilines is 2. The minimum atomic E-state index is -0.240. The summed E-state index contributed by atoms with van der Waals surface area (Å²) in [6, 6.07) is 7.32. The van der Waals surface area contributed by atoms with Gasteiger partial charge < -0.3 is 10.6 Å². The number of hydrogen-bond donors (Lipinski definition) is 2. The molecule has 0 saturated carbocycles. The molecule has 104 valence electrons. The molecule has 0 radical (unpaired) electrons. The van der Waals surface area contributed by atoms with Gasteiger partial charge in [0, 0.05) is 26.7 Å². The summed E-state index contributed by atoms with van der Waals surface area (Å²) in [6.45, 7) is 0. The van der Waals surface area contributed by atoms with Gasteiger partial charge in [0.2, 0.25) is 0 Å². The van der Waals surface area contributed by atoms with Gasteiger partial charge in [-0.15, -0.1) is 0 Å². The standard InChI is InChI=1S/C13H10Br3N3O/c1-17-12-8(5-7(14)6-18-12)13(20)19-11-9(15)3-2-4-10(11)16/h2-6H,1H3,(H,17,18)(H,19,20). The van der Waals surface area contributed by atoms with E-state index in [0.717, 1.165) is 13.4 Å². The normalized spacial score (nSPS) is 10.2. The van der Waals surface area contributed by atoms with E-state index in [1.54, 1.807) is 19.3 Å². The van der Waals surface area contributed by atoms with Gasteiger partial charge in [0.1, 0.15) is 5.82 Å². The third kappa shape index (κ3) is 3.39. The number of aromatic nitrogens is 1. The first-order valence-electron chi connectivity index (χ1n) is 5.61. The van der Waals surface area contributed by atoms with Gasteiger partial charge in [-0.25, -0.2) is 4.98 Å². The maximum absolute atomic E-state index is 12.4. The molecule has 1 amide bonds. The van der Waals surface area contributed by atoms with E-state index in [9.17, 15) is 4.79 Å². The van der Waals surface area contributed by atoms with Crippen molar-refractivity contribution in [2.45, 2.75) is 0 Å². The topological polar surface area (TPSA) is 54.0 Å². The monoisotopic (exact) mass is 461 g/mol. The highest BCUT2D eigenvalue weighted by atomic mass is 79.9. The minimum absolute atomic E-state index is 0.240. The Morgan fingerprint density at radius 2 is 1.85 bits per heavy atom. The number of carbonyl (C=O) groups excluding carboxylic acids is 1.